The van der Waals surface area contributed by atoms with E-state index >= 15 is 0 Å². The first-order valence-electron chi connectivity index (χ1n) is 8.87. The number of nitrogens with zero attached hydrogens (tertiary/aromatic N) is 1. The van der Waals surface area contributed by atoms with Crippen molar-refractivity contribution in [2.24, 2.45) is 5.92 Å². The van der Waals surface area contributed by atoms with E-state index in [1.165, 1.54) is 0 Å². The molecule has 1 saturated heterocycles. The molecule has 1 aromatic rings. The largest absolute Gasteiger partial charge is 0.444 e. The lowest BCUT2D eigenvalue weighted by Crippen LogP contribution is -2.33. The standard InChI is InChI=1S/C19H29N3O3/c1-19(2,3)25-18(24)21-11-5-4-6-14-12-17(23)22(13-14)16-9-7-15(20)8-10-16/h7-10,14H,4-6,11-13,20H2,1-3H3,(H,21,24). The predicted octanol–water partition coefficient (Wildman–Crippen LogP) is 3.32. The maximum atomic E-state index is 12.2. The molecule has 1 fully saturated rings. The van der Waals surface area contributed by atoms with Crippen molar-refractivity contribution in [1.82, 2.24) is 5.32 Å². The first-order chi connectivity index (χ1) is 11.7. The molecule has 2 rings (SSSR count). The van der Waals surface area contributed by atoms with Gasteiger partial charge in [-0.3, -0.25) is 4.79 Å². The third-order valence-electron chi connectivity index (χ3n) is 4.12. The van der Waals surface area contributed by atoms with Crippen molar-refractivity contribution >= 4 is 23.4 Å². The Morgan fingerprint density at radius 2 is 1.96 bits per heavy atom. The van der Waals surface area contributed by atoms with Gasteiger partial charge in [-0.05, 0) is 63.8 Å². The van der Waals surface area contributed by atoms with Crippen LogP contribution in [-0.2, 0) is 9.53 Å². The normalized spacial score (nSPS) is 17.6. The third-order valence-corrected chi connectivity index (χ3v) is 4.12. The fourth-order valence-corrected chi connectivity index (χ4v) is 2.94. The van der Waals surface area contributed by atoms with Crippen LogP contribution in [0.5, 0.6) is 0 Å². The quantitative estimate of drug-likeness (QED) is 0.611. The lowest BCUT2D eigenvalue weighted by atomic mass is 10.0. The van der Waals surface area contributed by atoms with Crippen molar-refractivity contribution in [3.8, 4) is 0 Å². The third kappa shape index (κ3) is 6.29. The number of unbranched alkanes of at least 4 members (excludes halogenated alkanes) is 1. The Kier molecular flexibility index (Phi) is 6.28. The van der Waals surface area contributed by atoms with E-state index in [1.807, 2.05) is 49.9 Å². The van der Waals surface area contributed by atoms with E-state index in [2.05, 4.69) is 5.32 Å². The summed E-state index contributed by atoms with van der Waals surface area (Å²) >= 11 is 0. The molecule has 0 aromatic heterocycles. The monoisotopic (exact) mass is 347 g/mol. The number of amides is 2. The van der Waals surface area contributed by atoms with Crippen LogP contribution in [0.3, 0.4) is 0 Å². The Labute approximate surface area is 149 Å². The number of benzene rings is 1. The van der Waals surface area contributed by atoms with Crippen LogP contribution in [0, 0.1) is 5.92 Å². The molecule has 25 heavy (non-hydrogen) atoms. The molecule has 1 unspecified atom stereocenters. The summed E-state index contributed by atoms with van der Waals surface area (Å²) in [4.78, 5) is 25.6. The number of anilines is 2. The van der Waals surface area contributed by atoms with Crippen LogP contribution in [0.2, 0.25) is 0 Å². The zero-order chi connectivity index (χ0) is 18.4. The number of alkyl carbamates (subject to hydrolysis) is 1. The molecule has 3 N–H and O–H groups in total. The lowest BCUT2D eigenvalue weighted by Gasteiger charge is -2.19. The van der Waals surface area contributed by atoms with Gasteiger partial charge in [0.15, 0.2) is 0 Å². The Bertz CT molecular complexity index is 593. The molecule has 1 aliphatic heterocycles. The maximum absolute atomic E-state index is 12.2. The van der Waals surface area contributed by atoms with Crippen LogP contribution in [0.4, 0.5) is 16.2 Å². The van der Waals surface area contributed by atoms with E-state index in [9.17, 15) is 9.59 Å². The van der Waals surface area contributed by atoms with E-state index < -0.39 is 5.60 Å². The molecule has 6 heteroatoms. The zero-order valence-corrected chi connectivity index (χ0v) is 15.4. The molecule has 1 aromatic carbocycles. The van der Waals surface area contributed by atoms with Crippen molar-refractivity contribution < 1.29 is 14.3 Å². The molecule has 0 bridgehead atoms. The van der Waals surface area contributed by atoms with Crippen LogP contribution >= 0.6 is 0 Å². The minimum atomic E-state index is -0.472. The van der Waals surface area contributed by atoms with Gasteiger partial charge >= 0.3 is 6.09 Å². The number of nitrogens with one attached hydrogen (secondary N) is 1. The van der Waals surface area contributed by atoms with Gasteiger partial charge in [0.1, 0.15) is 5.60 Å². The number of nitrogen functional groups attached to an aromatic ring is 1. The van der Waals surface area contributed by atoms with Gasteiger partial charge in [-0.25, -0.2) is 4.79 Å². The number of ether oxygens (including phenoxy) is 1. The van der Waals surface area contributed by atoms with Gasteiger partial charge in [0, 0.05) is 30.9 Å². The highest BCUT2D eigenvalue weighted by Gasteiger charge is 2.30. The van der Waals surface area contributed by atoms with Crippen LogP contribution in [0.1, 0.15) is 46.5 Å². The highest BCUT2D eigenvalue weighted by molar-refractivity contribution is 5.95. The lowest BCUT2D eigenvalue weighted by molar-refractivity contribution is -0.117. The molecule has 0 radical (unpaired) electrons. The molecule has 6 nitrogen and oxygen atoms in total. The summed E-state index contributed by atoms with van der Waals surface area (Å²) in [5.41, 5.74) is 6.83. The summed E-state index contributed by atoms with van der Waals surface area (Å²) in [6.07, 6.45) is 3.05. The molecular formula is C19H29N3O3. The van der Waals surface area contributed by atoms with E-state index in [4.69, 9.17) is 10.5 Å². The first-order valence-corrected chi connectivity index (χ1v) is 8.87. The van der Waals surface area contributed by atoms with E-state index in [0.29, 0.717) is 24.6 Å². The molecule has 1 aliphatic rings. The van der Waals surface area contributed by atoms with Crippen molar-refractivity contribution in [1.29, 1.82) is 0 Å². The second-order valence-electron chi connectivity index (χ2n) is 7.59. The molecule has 0 aliphatic carbocycles. The average molecular weight is 347 g/mol. The molecule has 1 atom stereocenters. The van der Waals surface area contributed by atoms with Crippen LogP contribution in [-0.4, -0.2) is 30.7 Å². The average Bonchev–Trinajstić information content (AvgIpc) is 2.87. The Balaban J connectivity index is 1.66. The highest BCUT2D eigenvalue weighted by Crippen LogP contribution is 2.28. The fourth-order valence-electron chi connectivity index (χ4n) is 2.94. The highest BCUT2D eigenvalue weighted by atomic mass is 16.6. The molecular weight excluding hydrogens is 318 g/mol. The number of nitrogens with two attached hydrogens (primary N) is 1. The molecule has 1 heterocycles. The zero-order valence-electron chi connectivity index (χ0n) is 15.4. The van der Waals surface area contributed by atoms with E-state index in [0.717, 1.165) is 31.5 Å². The summed E-state index contributed by atoms with van der Waals surface area (Å²) < 4.78 is 5.19. The summed E-state index contributed by atoms with van der Waals surface area (Å²) in [7, 11) is 0. The number of carbonyl (C=O) groups is 2. The Hall–Kier alpha value is -2.24. The second-order valence-corrected chi connectivity index (χ2v) is 7.59. The van der Waals surface area contributed by atoms with E-state index in [1.54, 1.807) is 0 Å². The van der Waals surface area contributed by atoms with Crippen molar-refractivity contribution in [2.75, 3.05) is 23.7 Å². The number of hydrogen-bond acceptors (Lipinski definition) is 4. The summed E-state index contributed by atoms with van der Waals surface area (Å²) in [5, 5.41) is 2.76. The second kappa shape index (κ2) is 8.23. The minimum absolute atomic E-state index is 0.168. The number of rotatable bonds is 6. The predicted molar refractivity (Wildman–Crippen MR) is 99.4 cm³/mol. The van der Waals surface area contributed by atoms with Gasteiger partial charge in [-0.15, -0.1) is 0 Å². The van der Waals surface area contributed by atoms with Crippen molar-refractivity contribution in [3.63, 3.8) is 0 Å². The number of hydrogen-bond donors (Lipinski definition) is 2. The SMILES string of the molecule is CC(C)(C)OC(=O)NCCCCC1CC(=O)N(c2ccc(N)cc2)C1. The van der Waals surface area contributed by atoms with Crippen LogP contribution in [0.15, 0.2) is 24.3 Å². The van der Waals surface area contributed by atoms with Crippen molar-refractivity contribution in [2.45, 2.75) is 52.1 Å². The summed E-state index contributed by atoms with van der Waals surface area (Å²) in [6, 6.07) is 7.41. The summed E-state index contributed by atoms with van der Waals surface area (Å²) in [5.74, 6) is 0.535. The molecule has 138 valence electrons. The smallest absolute Gasteiger partial charge is 0.407 e. The maximum Gasteiger partial charge on any atom is 0.407 e. The van der Waals surface area contributed by atoms with Crippen LogP contribution < -0.4 is 16.0 Å². The van der Waals surface area contributed by atoms with Gasteiger partial charge < -0.3 is 20.7 Å². The topological polar surface area (TPSA) is 84.7 Å². The molecule has 2 amide bonds. The van der Waals surface area contributed by atoms with Gasteiger partial charge in [0.25, 0.3) is 0 Å². The van der Waals surface area contributed by atoms with Crippen molar-refractivity contribution in [3.05, 3.63) is 24.3 Å². The minimum Gasteiger partial charge on any atom is -0.444 e. The van der Waals surface area contributed by atoms with E-state index in [-0.39, 0.29) is 12.0 Å². The van der Waals surface area contributed by atoms with Crippen LogP contribution in [0.25, 0.3) is 0 Å². The van der Waals surface area contributed by atoms with Gasteiger partial charge in [-0.2, -0.15) is 0 Å². The molecule has 0 saturated carbocycles. The molecule has 0 spiro atoms. The summed E-state index contributed by atoms with van der Waals surface area (Å²) in [6.45, 7) is 6.88. The Morgan fingerprint density at radius 3 is 2.60 bits per heavy atom. The van der Waals surface area contributed by atoms with Gasteiger partial charge in [0.2, 0.25) is 5.91 Å². The number of carbonyl (C=O) groups excluding carboxylic acids is 2. The Morgan fingerprint density at radius 1 is 1.28 bits per heavy atom. The fraction of sp³-hybridized carbons (Fsp3) is 0.579. The first kappa shape index (κ1) is 19.1. The van der Waals surface area contributed by atoms with Gasteiger partial charge in [0.05, 0.1) is 0 Å². The van der Waals surface area contributed by atoms with Gasteiger partial charge in [-0.1, -0.05) is 6.42 Å².